The number of hydrogen-bond donors (Lipinski definition) is 1. The highest BCUT2D eigenvalue weighted by Crippen LogP contribution is 2.26. The van der Waals surface area contributed by atoms with Crippen molar-refractivity contribution >= 4 is 5.95 Å². The van der Waals surface area contributed by atoms with Crippen LogP contribution in [0.15, 0.2) is 30.5 Å². The third-order valence-corrected chi connectivity index (χ3v) is 3.42. The summed E-state index contributed by atoms with van der Waals surface area (Å²) in [5, 5.41) is 2.91. The normalized spacial score (nSPS) is 12.0. The molecule has 1 aromatic heterocycles. The number of anilines is 1. The van der Waals surface area contributed by atoms with Crippen LogP contribution in [-0.2, 0) is 0 Å². The molecule has 2 aromatic rings. The molecule has 0 amide bonds. The highest BCUT2D eigenvalue weighted by Gasteiger charge is 2.07. The molecule has 4 heteroatoms. The molecule has 1 heterocycles. The van der Waals surface area contributed by atoms with Gasteiger partial charge in [0.25, 0.3) is 0 Å². The summed E-state index contributed by atoms with van der Waals surface area (Å²) < 4.78 is 5.83. The molecule has 1 unspecified atom stereocenters. The number of aromatic nitrogens is 2. The van der Waals surface area contributed by atoms with Crippen LogP contribution in [0.5, 0.6) is 11.6 Å². The Labute approximate surface area is 120 Å². The van der Waals surface area contributed by atoms with Crippen molar-refractivity contribution in [3.63, 3.8) is 0 Å². The van der Waals surface area contributed by atoms with E-state index in [1.807, 2.05) is 19.1 Å². The number of rotatable bonds is 5. The van der Waals surface area contributed by atoms with E-state index in [4.69, 9.17) is 4.74 Å². The van der Waals surface area contributed by atoms with Gasteiger partial charge in [-0.3, -0.25) is 0 Å². The van der Waals surface area contributed by atoms with Crippen molar-refractivity contribution < 1.29 is 4.74 Å². The van der Waals surface area contributed by atoms with Crippen molar-refractivity contribution in [1.82, 2.24) is 9.97 Å². The van der Waals surface area contributed by atoms with Crippen LogP contribution in [0.3, 0.4) is 0 Å². The molecule has 0 aliphatic heterocycles. The topological polar surface area (TPSA) is 47.0 Å². The molecule has 4 nitrogen and oxygen atoms in total. The standard InChI is InChI=1S/C16H21N3O/c1-5-11(2)13-6-8-14(9-7-13)20-15-12(3)10-18-16(17-4)19-15/h6-11H,5H2,1-4H3,(H,17,18,19). The van der Waals surface area contributed by atoms with E-state index in [9.17, 15) is 0 Å². The molecule has 1 atom stereocenters. The number of nitrogens with zero attached hydrogens (tertiary/aromatic N) is 2. The maximum absolute atomic E-state index is 5.83. The molecule has 0 aliphatic carbocycles. The Bertz CT molecular complexity index is 566. The number of ether oxygens (including phenoxy) is 1. The Morgan fingerprint density at radius 2 is 1.95 bits per heavy atom. The Hall–Kier alpha value is -2.10. The second-order valence-corrected chi connectivity index (χ2v) is 4.91. The van der Waals surface area contributed by atoms with Gasteiger partial charge in [-0.1, -0.05) is 26.0 Å². The predicted molar refractivity (Wildman–Crippen MR) is 81.5 cm³/mol. The van der Waals surface area contributed by atoms with Crippen molar-refractivity contribution in [2.24, 2.45) is 0 Å². The molecule has 106 valence electrons. The van der Waals surface area contributed by atoms with Gasteiger partial charge in [-0.2, -0.15) is 4.98 Å². The highest BCUT2D eigenvalue weighted by molar-refractivity contribution is 5.37. The average Bonchev–Trinajstić information content (AvgIpc) is 2.49. The zero-order valence-electron chi connectivity index (χ0n) is 12.5. The fourth-order valence-corrected chi connectivity index (χ4v) is 1.86. The van der Waals surface area contributed by atoms with E-state index >= 15 is 0 Å². The molecule has 0 spiro atoms. The minimum absolute atomic E-state index is 0.557. The lowest BCUT2D eigenvalue weighted by atomic mass is 9.99. The summed E-state index contributed by atoms with van der Waals surface area (Å²) in [6.45, 7) is 6.35. The molecule has 1 N–H and O–H groups in total. The molecule has 2 rings (SSSR count). The van der Waals surface area contributed by atoms with E-state index in [0.717, 1.165) is 17.7 Å². The summed E-state index contributed by atoms with van der Waals surface area (Å²) in [6, 6.07) is 8.20. The summed E-state index contributed by atoms with van der Waals surface area (Å²) in [5.41, 5.74) is 2.24. The number of aryl methyl sites for hydroxylation is 1. The van der Waals surface area contributed by atoms with Gasteiger partial charge in [-0.05, 0) is 37.0 Å². The second-order valence-electron chi connectivity index (χ2n) is 4.91. The van der Waals surface area contributed by atoms with Crippen LogP contribution in [0.1, 0.15) is 37.3 Å². The molecule has 0 bridgehead atoms. The Balaban J connectivity index is 2.17. The number of hydrogen-bond acceptors (Lipinski definition) is 4. The van der Waals surface area contributed by atoms with Crippen LogP contribution in [0.25, 0.3) is 0 Å². The van der Waals surface area contributed by atoms with Crippen LogP contribution in [0, 0.1) is 6.92 Å². The van der Waals surface area contributed by atoms with Crippen molar-refractivity contribution in [2.45, 2.75) is 33.1 Å². The van der Waals surface area contributed by atoms with Gasteiger partial charge in [0.1, 0.15) is 5.75 Å². The Morgan fingerprint density at radius 1 is 1.25 bits per heavy atom. The zero-order valence-corrected chi connectivity index (χ0v) is 12.5. The maximum atomic E-state index is 5.83. The van der Waals surface area contributed by atoms with E-state index < -0.39 is 0 Å². The van der Waals surface area contributed by atoms with Crippen LogP contribution in [0.4, 0.5) is 5.95 Å². The Morgan fingerprint density at radius 3 is 2.55 bits per heavy atom. The lowest BCUT2D eigenvalue weighted by Gasteiger charge is -2.11. The lowest BCUT2D eigenvalue weighted by Crippen LogP contribution is -1.99. The summed E-state index contributed by atoms with van der Waals surface area (Å²) in [6.07, 6.45) is 2.89. The van der Waals surface area contributed by atoms with E-state index in [-0.39, 0.29) is 0 Å². The predicted octanol–water partition coefficient (Wildman–Crippen LogP) is 4.13. The first-order valence-corrected chi connectivity index (χ1v) is 6.93. The molecule has 0 saturated heterocycles. The first-order chi connectivity index (χ1) is 9.63. The minimum Gasteiger partial charge on any atom is -0.439 e. The largest absolute Gasteiger partial charge is 0.439 e. The molecule has 0 fully saturated rings. The van der Waals surface area contributed by atoms with Crippen LogP contribution in [0.2, 0.25) is 0 Å². The zero-order chi connectivity index (χ0) is 14.5. The summed E-state index contributed by atoms with van der Waals surface area (Å²) in [5.74, 6) is 2.50. The molecule has 0 aliphatic rings. The average molecular weight is 271 g/mol. The third kappa shape index (κ3) is 3.26. The van der Waals surface area contributed by atoms with Crippen molar-refractivity contribution in [3.8, 4) is 11.6 Å². The maximum Gasteiger partial charge on any atom is 0.226 e. The van der Waals surface area contributed by atoms with Gasteiger partial charge in [0.15, 0.2) is 0 Å². The fraction of sp³-hybridized carbons (Fsp3) is 0.375. The molecule has 0 radical (unpaired) electrons. The summed E-state index contributed by atoms with van der Waals surface area (Å²) in [4.78, 5) is 8.46. The van der Waals surface area contributed by atoms with Gasteiger partial charge in [0.2, 0.25) is 11.8 Å². The van der Waals surface area contributed by atoms with E-state index in [2.05, 4.69) is 41.3 Å². The molecular formula is C16H21N3O. The first kappa shape index (κ1) is 14.3. The van der Waals surface area contributed by atoms with Gasteiger partial charge in [0, 0.05) is 18.8 Å². The van der Waals surface area contributed by atoms with Gasteiger partial charge < -0.3 is 10.1 Å². The first-order valence-electron chi connectivity index (χ1n) is 6.93. The Kier molecular flexibility index (Phi) is 4.56. The molecule has 1 aromatic carbocycles. The summed E-state index contributed by atoms with van der Waals surface area (Å²) in [7, 11) is 1.79. The number of benzene rings is 1. The van der Waals surface area contributed by atoms with Gasteiger partial charge in [-0.25, -0.2) is 4.98 Å². The van der Waals surface area contributed by atoms with Gasteiger partial charge in [-0.15, -0.1) is 0 Å². The van der Waals surface area contributed by atoms with Crippen LogP contribution >= 0.6 is 0 Å². The smallest absolute Gasteiger partial charge is 0.226 e. The molecular weight excluding hydrogens is 250 g/mol. The van der Waals surface area contributed by atoms with Gasteiger partial charge in [0.05, 0.1) is 0 Å². The monoisotopic (exact) mass is 271 g/mol. The number of nitrogens with one attached hydrogen (secondary N) is 1. The quantitative estimate of drug-likeness (QED) is 0.888. The van der Waals surface area contributed by atoms with Gasteiger partial charge >= 0.3 is 0 Å². The van der Waals surface area contributed by atoms with Crippen molar-refractivity contribution in [1.29, 1.82) is 0 Å². The molecule has 20 heavy (non-hydrogen) atoms. The second kappa shape index (κ2) is 6.37. The van der Waals surface area contributed by atoms with Crippen LogP contribution in [-0.4, -0.2) is 17.0 Å². The van der Waals surface area contributed by atoms with E-state index in [1.165, 1.54) is 5.56 Å². The lowest BCUT2D eigenvalue weighted by molar-refractivity contribution is 0.458. The van der Waals surface area contributed by atoms with Crippen molar-refractivity contribution in [3.05, 3.63) is 41.6 Å². The van der Waals surface area contributed by atoms with Crippen LogP contribution < -0.4 is 10.1 Å². The van der Waals surface area contributed by atoms with E-state index in [0.29, 0.717) is 17.7 Å². The minimum atomic E-state index is 0.557. The summed E-state index contributed by atoms with van der Waals surface area (Å²) >= 11 is 0. The molecule has 0 saturated carbocycles. The third-order valence-electron chi connectivity index (χ3n) is 3.42. The van der Waals surface area contributed by atoms with Crippen molar-refractivity contribution in [2.75, 3.05) is 12.4 Å². The SMILES string of the molecule is CCC(C)c1ccc(Oc2nc(NC)ncc2C)cc1. The fourth-order valence-electron chi connectivity index (χ4n) is 1.86. The van der Waals surface area contributed by atoms with E-state index in [1.54, 1.807) is 13.2 Å². The highest BCUT2D eigenvalue weighted by atomic mass is 16.5.